The lowest BCUT2D eigenvalue weighted by Gasteiger charge is -2.08. The van der Waals surface area contributed by atoms with Gasteiger partial charge in [0.05, 0.1) is 31.0 Å². The molecular weight excluding hydrogens is 872 g/mol. The van der Waals surface area contributed by atoms with E-state index in [9.17, 15) is 16.8 Å². The highest BCUT2D eigenvalue weighted by atomic mass is 35.5. The number of nitrogens with zero attached hydrogens (tertiary/aromatic N) is 2. The van der Waals surface area contributed by atoms with Gasteiger partial charge in [0.2, 0.25) is 19.7 Å². The smallest absolute Gasteiger partial charge is 0.206 e. The second-order valence-corrected chi connectivity index (χ2v) is 19.0. The minimum absolute atomic E-state index is 0.166. The molecule has 8 rings (SSSR count). The molecule has 0 aliphatic heterocycles. The van der Waals surface area contributed by atoms with Crippen LogP contribution in [-0.4, -0.2) is 29.3 Å². The maximum Gasteiger partial charge on any atom is 0.206 e. The van der Waals surface area contributed by atoms with E-state index >= 15 is 0 Å². The number of aliphatic imine (C=N–C) groups is 2. The van der Waals surface area contributed by atoms with Gasteiger partial charge < -0.3 is 9.47 Å². The summed E-state index contributed by atoms with van der Waals surface area (Å²) >= 11 is 11.8. The molecule has 0 spiro atoms. The molecule has 312 valence electrons. The monoisotopic (exact) mass is 906 g/mol. The van der Waals surface area contributed by atoms with Gasteiger partial charge in [0.1, 0.15) is 23.0 Å². The summed E-state index contributed by atoms with van der Waals surface area (Å²) in [7, 11) is -7.33. The van der Waals surface area contributed by atoms with Crippen molar-refractivity contribution in [2.75, 3.05) is 0 Å². The SMILES string of the molecule is O=S(=O)(c1ccc(Cl)cc1)c1ccc(Oc2ccc(C=Nc3ccc(Cc4ccc(N=Cc5ccc(Oc6ccc(S(=O)(=O)c7ccc(Cl)cc7)cc6)cc5)cc4)cc3)cc2)cc1. The van der Waals surface area contributed by atoms with Crippen molar-refractivity contribution in [3.05, 3.63) is 226 Å². The summed E-state index contributed by atoms with van der Waals surface area (Å²) < 4.78 is 63.6. The standard InChI is InChI=1S/C51H36Cl2N2O6S2/c52-40-9-25-48(26-10-40)62(56,57)50-29-21-46(22-30-50)60-44-17-5-38(6-18-44)34-54-42-13-1-36(2-14-42)33-37-3-15-43(16-4-37)55-35-39-7-19-45(20-8-39)61-47-23-31-51(32-24-47)63(58,59)49-27-11-41(53)12-28-49/h1-32,34-35H,33H2. The summed E-state index contributed by atoms with van der Waals surface area (Å²) in [5, 5.41) is 0.938. The molecule has 0 N–H and O–H groups in total. The quantitative estimate of drug-likeness (QED) is 0.100. The van der Waals surface area contributed by atoms with E-state index in [0.29, 0.717) is 33.0 Å². The fraction of sp³-hybridized carbons (Fsp3) is 0.0196. The molecule has 8 nitrogen and oxygen atoms in total. The van der Waals surface area contributed by atoms with Gasteiger partial charge >= 0.3 is 0 Å². The number of benzene rings is 8. The predicted molar refractivity (Wildman–Crippen MR) is 250 cm³/mol. The van der Waals surface area contributed by atoms with Crippen LogP contribution in [0.4, 0.5) is 11.4 Å². The van der Waals surface area contributed by atoms with Gasteiger partial charge in [0.25, 0.3) is 0 Å². The molecule has 0 fully saturated rings. The van der Waals surface area contributed by atoms with Crippen LogP contribution in [0.1, 0.15) is 22.3 Å². The van der Waals surface area contributed by atoms with Crippen molar-refractivity contribution < 1.29 is 26.3 Å². The summed E-state index contributed by atoms with van der Waals surface area (Å²) in [6.45, 7) is 0. The van der Waals surface area contributed by atoms with Crippen molar-refractivity contribution in [1.29, 1.82) is 0 Å². The Bertz CT molecular complexity index is 2890. The fourth-order valence-electron chi connectivity index (χ4n) is 6.32. The Balaban J connectivity index is 0.791. The van der Waals surface area contributed by atoms with Gasteiger partial charge in [-0.25, -0.2) is 16.8 Å². The molecule has 0 unspecified atom stereocenters. The van der Waals surface area contributed by atoms with E-state index < -0.39 is 19.7 Å². The Morgan fingerprint density at radius 2 is 0.635 bits per heavy atom. The van der Waals surface area contributed by atoms with E-state index in [-0.39, 0.29) is 19.6 Å². The molecule has 0 atom stereocenters. The van der Waals surface area contributed by atoms with E-state index in [1.165, 1.54) is 48.5 Å². The summed E-state index contributed by atoms with van der Waals surface area (Å²) in [4.78, 5) is 9.93. The highest BCUT2D eigenvalue weighted by Gasteiger charge is 2.19. The fourth-order valence-corrected chi connectivity index (χ4v) is 9.10. The van der Waals surface area contributed by atoms with Gasteiger partial charge in [-0.1, -0.05) is 47.5 Å². The molecule has 0 aliphatic rings. The normalized spacial score (nSPS) is 11.8. The molecule has 0 heterocycles. The molecule has 0 radical (unpaired) electrons. The number of halogens is 2. The number of ether oxygens (including phenoxy) is 2. The second kappa shape index (κ2) is 19.1. The number of rotatable bonds is 14. The maximum absolute atomic E-state index is 12.9. The maximum atomic E-state index is 12.9. The summed E-state index contributed by atoms with van der Waals surface area (Å²) in [5.74, 6) is 2.24. The Hall–Kier alpha value is -6.82. The van der Waals surface area contributed by atoms with Crippen LogP contribution < -0.4 is 9.47 Å². The summed E-state index contributed by atoms with van der Waals surface area (Å²) in [6, 6.07) is 55.9. The minimum Gasteiger partial charge on any atom is -0.457 e. The molecule has 63 heavy (non-hydrogen) atoms. The highest BCUT2D eigenvalue weighted by Crippen LogP contribution is 2.29. The zero-order valence-electron chi connectivity index (χ0n) is 33.3. The Morgan fingerprint density at radius 1 is 0.365 bits per heavy atom. The van der Waals surface area contributed by atoms with Gasteiger partial charge in [-0.2, -0.15) is 0 Å². The molecule has 0 aliphatic carbocycles. The molecular formula is C51H36Cl2N2O6S2. The predicted octanol–water partition coefficient (Wildman–Crippen LogP) is 13.3. The zero-order chi connectivity index (χ0) is 43.8. The van der Waals surface area contributed by atoms with Crippen molar-refractivity contribution in [3.8, 4) is 23.0 Å². The third kappa shape index (κ3) is 11.0. The Labute approximate surface area is 376 Å². The third-order valence-electron chi connectivity index (χ3n) is 9.75. The molecule has 0 amide bonds. The number of hydrogen-bond acceptors (Lipinski definition) is 8. The third-order valence-corrected chi connectivity index (χ3v) is 13.8. The largest absolute Gasteiger partial charge is 0.457 e. The highest BCUT2D eigenvalue weighted by molar-refractivity contribution is 7.91. The lowest BCUT2D eigenvalue weighted by Crippen LogP contribution is -2.01. The van der Waals surface area contributed by atoms with Crippen molar-refractivity contribution in [1.82, 2.24) is 0 Å². The molecule has 0 aromatic heterocycles. The lowest BCUT2D eigenvalue weighted by molar-refractivity contribution is 0.482. The van der Waals surface area contributed by atoms with Gasteiger partial charge in [-0.05, 0) is 199 Å². The van der Waals surface area contributed by atoms with E-state index in [2.05, 4.69) is 34.3 Å². The van der Waals surface area contributed by atoms with E-state index in [1.54, 1.807) is 61.0 Å². The van der Waals surface area contributed by atoms with Crippen LogP contribution in [0.2, 0.25) is 10.0 Å². The van der Waals surface area contributed by atoms with Crippen LogP contribution in [0, 0.1) is 0 Å². The first-order valence-corrected chi connectivity index (χ1v) is 23.2. The molecule has 0 bridgehead atoms. The van der Waals surface area contributed by atoms with Crippen molar-refractivity contribution in [2.45, 2.75) is 26.0 Å². The average Bonchev–Trinajstić information content (AvgIpc) is 3.30. The van der Waals surface area contributed by atoms with Crippen LogP contribution in [-0.2, 0) is 26.1 Å². The Kier molecular flexibility index (Phi) is 13.0. The zero-order valence-corrected chi connectivity index (χ0v) is 36.4. The van der Waals surface area contributed by atoms with Gasteiger partial charge in [0.15, 0.2) is 0 Å². The molecule has 8 aromatic rings. The minimum atomic E-state index is -3.67. The first-order valence-electron chi connectivity index (χ1n) is 19.5. The van der Waals surface area contributed by atoms with Crippen LogP contribution in [0.5, 0.6) is 23.0 Å². The van der Waals surface area contributed by atoms with Crippen LogP contribution in [0.3, 0.4) is 0 Å². The van der Waals surface area contributed by atoms with Crippen LogP contribution >= 0.6 is 23.2 Å². The number of sulfone groups is 2. The summed E-state index contributed by atoms with van der Waals surface area (Å²) in [5.41, 5.74) is 5.77. The van der Waals surface area contributed by atoms with Crippen LogP contribution in [0.15, 0.2) is 224 Å². The average molecular weight is 908 g/mol. The molecule has 8 aromatic carbocycles. The van der Waals surface area contributed by atoms with Crippen molar-refractivity contribution in [2.24, 2.45) is 9.98 Å². The second-order valence-electron chi connectivity index (χ2n) is 14.2. The van der Waals surface area contributed by atoms with Crippen molar-refractivity contribution >= 4 is 66.7 Å². The van der Waals surface area contributed by atoms with Crippen LogP contribution in [0.25, 0.3) is 0 Å². The van der Waals surface area contributed by atoms with Gasteiger partial charge in [0, 0.05) is 22.5 Å². The molecule has 0 saturated heterocycles. The molecule has 12 heteroatoms. The van der Waals surface area contributed by atoms with Gasteiger partial charge in [-0.15, -0.1) is 0 Å². The van der Waals surface area contributed by atoms with Crippen molar-refractivity contribution in [3.63, 3.8) is 0 Å². The molecule has 0 saturated carbocycles. The first-order chi connectivity index (χ1) is 30.5. The van der Waals surface area contributed by atoms with E-state index in [4.69, 9.17) is 32.7 Å². The Morgan fingerprint density at radius 3 is 0.937 bits per heavy atom. The topological polar surface area (TPSA) is 111 Å². The summed E-state index contributed by atoms with van der Waals surface area (Å²) in [6.07, 6.45) is 4.34. The first kappa shape index (κ1) is 42.9. The van der Waals surface area contributed by atoms with E-state index in [1.807, 2.05) is 72.8 Å². The van der Waals surface area contributed by atoms with Gasteiger partial charge in [-0.3, -0.25) is 9.98 Å². The lowest BCUT2D eigenvalue weighted by atomic mass is 10.0. The number of hydrogen-bond donors (Lipinski definition) is 0. The van der Waals surface area contributed by atoms with E-state index in [0.717, 1.165) is 40.0 Å².